The summed E-state index contributed by atoms with van der Waals surface area (Å²) in [4.78, 5) is 0. The summed E-state index contributed by atoms with van der Waals surface area (Å²) >= 11 is 0. The predicted octanol–water partition coefficient (Wildman–Crippen LogP) is 3.22. The van der Waals surface area contributed by atoms with E-state index in [1.54, 1.807) is 14.2 Å². The molecule has 2 nitrogen and oxygen atoms in total. The lowest BCUT2D eigenvalue weighted by molar-refractivity contribution is 0.384. The number of aryl methyl sites for hydroxylation is 1. The van der Waals surface area contributed by atoms with Gasteiger partial charge in [0, 0.05) is 5.56 Å². The Morgan fingerprint density at radius 3 is 1.87 bits per heavy atom. The lowest BCUT2D eigenvalue weighted by Gasteiger charge is -2.14. The van der Waals surface area contributed by atoms with Gasteiger partial charge in [-0.25, -0.2) is 0 Å². The molecule has 0 fully saturated rings. The van der Waals surface area contributed by atoms with Crippen molar-refractivity contribution >= 4 is 0 Å². The summed E-state index contributed by atoms with van der Waals surface area (Å²) in [5.41, 5.74) is 2.43. The average Bonchev–Trinajstić information content (AvgIpc) is 2.29. The lowest BCUT2D eigenvalue weighted by Crippen LogP contribution is -1.98. The standard InChI is InChI=1S/C13H20O2/c1-5-7-11-12(14-3)8-10(6-2)9-13(11)15-4/h8-9H,5-7H2,1-4H3. The van der Waals surface area contributed by atoms with Crippen molar-refractivity contribution in [3.8, 4) is 11.5 Å². The largest absolute Gasteiger partial charge is 0.496 e. The van der Waals surface area contributed by atoms with E-state index in [0.717, 1.165) is 30.8 Å². The molecule has 0 bridgehead atoms. The minimum absolute atomic E-state index is 0.952. The molecule has 0 unspecified atom stereocenters. The molecule has 1 rings (SSSR count). The van der Waals surface area contributed by atoms with Gasteiger partial charge in [0.25, 0.3) is 0 Å². The van der Waals surface area contributed by atoms with Crippen LogP contribution >= 0.6 is 0 Å². The first-order chi connectivity index (χ1) is 7.26. The fourth-order valence-electron chi connectivity index (χ4n) is 1.74. The molecule has 0 spiro atoms. The van der Waals surface area contributed by atoms with Crippen LogP contribution in [-0.2, 0) is 12.8 Å². The van der Waals surface area contributed by atoms with Crippen LogP contribution in [0.15, 0.2) is 12.1 Å². The fraction of sp³-hybridized carbons (Fsp3) is 0.538. The molecule has 0 aliphatic carbocycles. The molecule has 0 radical (unpaired) electrons. The van der Waals surface area contributed by atoms with Crippen molar-refractivity contribution in [1.29, 1.82) is 0 Å². The average molecular weight is 208 g/mol. The van der Waals surface area contributed by atoms with Crippen LogP contribution in [0.4, 0.5) is 0 Å². The number of ether oxygens (including phenoxy) is 2. The molecule has 0 atom stereocenters. The van der Waals surface area contributed by atoms with Gasteiger partial charge in [-0.2, -0.15) is 0 Å². The molecule has 2 heteroatoms. The van der Waals surface area contributed by atoms with Crippen LogP contribution in [0.5, 0.6) is 11.5 Å². The molecular formula is C13H20O2. The minimum Gasteiger partial charge on any atom is -0.496 e. The molecule has 84 valence electrons. The van der Waals surface area contributed by atoms with E-state index < -0.39 is 0 Å². The third-order valence-electron chi connectivity index (χ3n) is 2.58. The molecule has 15 heavy (non-hydrogen) atoms. The van der Waals surface area contributed by atoms with Gasteiger partial charge in [0.2, 0.25) is 0 Å². The summed E-state index contributed by atoms with van der Waals surface area (Å²) in [7, 11) is 3.43. The predicted molar refractivity (Wildman–Crippen MR) is 62.9 cm³/mol. The van der Waals surface area contributed by atoms with E-state index in [1.165, 1.54) is 11.1 Å². The summed E-state index contributed by atoms with van der Waals surface area (Å²) in [5, 5.41) is 0. The zero-order valence-electron chi connectivity index (χ0n) is 10.1. The topological polar surface area (TPSA) is 18.5 Å². The molecule has 1 aromatic carbocycles. The Kier molecular flexibility index (Phi) is 4.47. The molecule has 0 saturated heterocycles. The molecular weight excluding hydrogens is 188 g/mol. The first kappa shape index (κ1) is 11.9. The number of benzene rings is 1. The molecule has 0 aromatic heterocycles. The zero-order chi connectivity index (χ0) is 11.3. The van der Waals surface area contributed by atoms with Gasteiger partial charge in [-0.05, 0) is 30.5 Å². The monoisotopic (exact) mass is 208 g/mol. The second-order valence-electron chi connectivity index (χ2n) is 3.58. The Morgan fingerprint density at radius 2 is 1.53 bits per heavy atom. The Labute approximate surface area is 92.2 Å². The number of rotatable bonds is 5. The van der Waals surface area contributed by atoms with E-state index in [0.29, 0.717) is 0 Å². The lowest BCUT2D eigenvalue weighted by atomic mass is 10.0. The maximum Gasteiger partial charge on any atom is 0.126 e. The van der Waals surface area contributed by atoms with Crippen molar-refractivity contribution in [1.82, 2.24) is 0 Å². The quantitative estimate of drug-likeness (QED) is 0.739. The van der Waals surface area contributed by atoms with Gasteiger partial charge in [0.15, 0.2) is 0 Å². The van der Waals surface area contributed by atoms with E-state index in [-0.39, 0.29) is 0 Å². The second-order valence-corrected chi connectivity index (χ2v) is 3.58. The summed E-state index contributed by atoms with van der Waals surface area (Å²) in [6.45, 7) is 4.29. The van der Waals surface area contributed by atoms with Crippen molar-refractivity contribution < 1.29 is 9.47 Å². The van der Waals surface area contributed by atoms with Crippen LogP contribution in [0.3, 0.4) is 0 Å². The van der Waals surface area contributed by atoms with Gasteiger partial charge < -0.3 is 9.47 Å². The van der Waals surface area contributed by atoms with Crippen LogP contribution in [0.2, 0.25) is 0 Å². The van der Waals surface area contributed by atoms with E-state index >= 15 is 0 Å². The Hall–Kier alpha value is -1.18. The molecule has 1 aromatic rings. The highest BCUT2D eigenvalue weighted by Crippen LogP contribution is 2.31. The van der Waals surface area contributed by atoms with Gasteiger partial charge in [-0.15, -0.1) is 0 Å². The molecule has 0 saturated carbocycles. The van der Waals surface area contributed by atoms with Gasteiger partial charge in [-0.3, -0.25) is 0 Å². The van der Waals surface area contributed by atoms with Crippen LogP contribution < -0.4 is 9.47 Å². The molecule has 0 N–H and O–H groups in total. The SMILES string of the molecule is CCCc1c(OC)cc(CC)cc1OC. The Bertz CT molecular complexity index is 293. The summed E-state index contributed by atoms with van der Waals surface area (Å²) in [6.07, 6.45) is 3.09. The third-order valence-corrected chi connectivity index (χ3v) is 2.58. The number of methoxy groups -OCH3 is 2. The van der Waals surface area contributed by atoms with E-state index in [2.05, 4.69) is 26.0 Å². The molecule has 0 amide bonds. The van der Waals surface area contributed by atoms with Crippen molar-refractivity contribution in [2.75, 3.05) is 14.2 Å². The van der Waals surface area contributed by atoms with E-state index in [9.17, 15) is 0 Å². The van der Waals surface area contributed by atoms with Gasteiger partial charge in [-0.1, -0.05) is 20.3 Å². The van der Waals surface area contributed by atoms with Crippen LogP contribution in [0, 0.1) is 0 Å². The van der Waals surface area contributed by atoms with Gasteiger partial charge >= 0.3 is 0 Å². The summed E-state index contributed by atoms with van der Waals surface area (Å²) in [5.74, 6) is 1.90. The zero-order valence-corrected chi connectivity index (χ0v) is 10.1. The maximum absolute atomic E-state index is 5.40. The van der Waals surface area contributed by atoms with Crippen molar-refractivity contribution in [2.24, 2.45) is 0 Å². The Morgan fingerprint density at radius 1 is 1.00 bits per heavy atom. The number of hydrogen-bond donors (Lipinski definition) is 0. The van der Waals surface area contributed by atoms with Crippen molar-refractivity contribution in [3.63, 3.8) is 0 Å². The van der Waals surface area contributed by atoms with Gasteiger partial charge in [0.05, 0.1) is 14.2 Å². The second kappa shape index (κ2) is 5.64. The van der Waals surface area contributed by atoms with Crippen molar-refractivity contribution in [3.05, 3.63) is 23.3 Å². The first-order valence-electron chi connectivity index (χ1n) is 5.50. The van der Waals surface area contributed by atoms with Crippen LogP contribution in [0.25, 0.3) is 0 Å². The minimum atomic E-state index is 0.952. The fourth-order valence-corrected chi connectivity index (χ4v) is 1.74. The molecule has 0 aliphatic heterocycles. The molecule has 0 heterocycles. The first-order valence-corrected chi connectivity index (χ1v) is 5.50. The van der Waals surface area contributed by atoms with E-state index in [4.69, 9.17) is 9.47 Å². The summed E-state index contributed by atoms with van der Waals surface area (Å²) < 4.78 is 10.8. The van der Waals surface area contributed by atoms with Crippen LogP contribution in [0.1, 0.15) is 31.4 Å². The number of hydrogen-bond acceptors (Lipinski definition) is 2. The Balaban J connectivity index is 3.19. The highest BCUT2D eigenvalue weighted by atomic mass is 16.5. The van der Waals surface area contributed by atoms with Gasteiger partial charge in [0.1, 0.15) is 11.5 Å². The maximum atomic E-state index is 5.40. The normalized spacial score (nSPS) is 10.1. The third kappa shape index (κ3) is 2.65. The van der Waals surface area contributed by atoms with Crippen molar-refractivity contribution in [2.45, 2.75) is 33.1 Å². The van der Waals surface area contributed by atoms with E-state index in [1.807, 2.05) is 0 Å². The summed E-state index contributed by atoms with van der Waals surface area (Å²) in [6, 6.07) is 4.21. The highest BCUT2D eigenvalue weighted by molar-refractivity contribution is 5.48. The highest BCUT2D eigenvalue weighted by Gasteiger charge is 2.10. The molecule has 0 aliphatic rings. The smallest absolute Gasteiger partial charge is 0.126 e. The van der Waals surface area contributed by atoms with Crippen LogP contribution in [-0.4, -0.2) is 14.2 Å².